The Labute approximate surface area is 80.6 Å². The first-order chi connectivity index (χ1) is 6.72. The first-order valence-corrected chi connectivity index (χ1v) is 3.82. The van der Waals surface area contributed by atoms with Crippen molar-refractivity contribution in [2.45, 2.75) is 0 Å². The number of carbonyl (C=O) groups excluding carboxylic acids is 1. The smallest absolute Gasteiger partial charge is 0.337 e. The molecule has 0 aliphatic rings. The van der Waals surface area contributed by atoms with Gasteiger partial charge in [0.05, 0.1) is 24.0 Å². The van der Waals surface area contributed by atoms with Gasteiger partial charge in [-0.2, -0.15) is 0 Å². The van der Waals surface area contributed by atoms with E-state index in [1.54, 1.807) is 6.07 Å². The zero-order chi connectivity index (χ0) is 10.6. The molecule has 0 spiro atoms. The van der Waals surface area contributed by atoms with Crippen molar-refractivity contribution < 1.29 is 14.7 Å². The topological polar surface area (TPSA) is 96.6 Å². The van der Waals surface area contributed by atoms with E-state index in [0.29, 0.717) is 16.9 Å². The Morgan fingerprint density at radius 1 is 1.50 bits per heavy atom. The van der Waals surface area contributed by atoms with E-state index in [4.69, 9.17) is 11.0 Å². The minimum Gasteiger partial charge on any atom is -0.465 e. The SMILES string of the molecule is COC(=O)c1ccc(NN)c(NO)c1. The molecular formula is C8H11N3O3. The summed E-state index contributed by atoms with van der Waals surface area (Å²) in [5.74, 6) is 4.69. The van der Waals surface area contributed by atoms with Crippen LogP contribution in [0.2, 0.25) is 0 Å². The summed E-state index contributed by atoms with van der Waals surface area (Å²) in [6, 6.07) is 4.49. The average Bonchev–Trinajstić information content (AvgIpc) is 2.26. The van der Waals surface area contributed by atoms with Gasteiger partial charge < -0.3 is 10.2 Å². The van der Waals surface area contributed by atoms with Gasteiger partial charge in [0.15, 0.2) is 0 Å². The minimum absolute atomic E-state index is 0.301. The number of ether oxygens (including phenoxy) is 1. The maximum Gasteiger partial charge on any atom is 0.337 e. The van der Waals surface area contributed by atoms with Gasteiger partial charge in [-0.25, -0.2) is 4.79 Å². The van der Waals surface area contributed by atoms with Crippen molar-refractivity contribution in [2.75, 3.05) is 18.0 Å². The Morgan fingerprint density at radius 2 is 2.21 bits per heavy atom. The van der Waals surface area contributed by atoms with Gasteiger partial charge in [0.25, 0.3) is 0 Å². The van der Waals surface area contributed by atoms with E-state index in [-0.39, 0.29) is 0 Å². The molecule has 0 unspecified atom stereocenters. The molecule has 6 nitrogen and oxygen atoms in total. The number of nitrogens with one attached hydrogen (secondary N) is 2. The predicted octanol–water partition coefficient (Wildman–Crippen LogP) is 0.560. The Balaban J connectivity index is 3.07. The summed E-state index contributed by atoms with van der Waals surface area (Å²) in [6.07, 6.45) is 0. The molecule has 0 amide bonds. The molecule has 1 aromatic carbocycles. The number of hydrazine groups is 1. The van der Waals surface area contributed by atoms with Gasteiger partial charge in [-0.1, -0.05) is 0 Å². The molecule has 0 radical (unpaired) electrons. The molecule has 76 valence electrons. The Kier molecular flexibility index (Phi) is 3.27. The molecular weight excluding hydrogens is 186 g/mol. The standard InChI is InChI=1S/C8H11N3O3/c1-14-8(12)5-2-3-6(10-9)7(4-5)11-13/h2-4,10-11,13H,9H2,1H3. The summed E-state index contributed by atoms with van der Waals surface area (Å²) >= 11 is 0. The molecule has 0 saturated heterocycles. The number of esters is 1. The van der Waals surface area contributed by atoms with E-state index in [1.165, 1.54) is 19.2 Å². The van der Waals surface area contributed by atoms with Gasteiger partial charge in [-0.3, -0.25) is 16.5 Å². The second-order valence-corrected chi connectivity index (χ2v) is 2.51. The van der Waals surface area contributed by atoms with Crippen molar-refractivity contribution in [3.05, 3.63) is 23.8 Å². The number of methoxy groups -OCH3 is 1. The summed E-state index contributed by atoms with van der Waals surface area (Å²) in [7, 11) is 1.28. The molecule has 6 heteroatoms. The average molecular weight is 197 g/mol. The van der Waals surface area contributed by atoms with Crippen LogP contribution in [0.3, 0.4) is 0 Å². The molecule has 0 aliphatic carbocycles. The fourth-order valence-electron chi connectivity index (χ4n) is 1.01. The lowest BCUT2D eigenvalue weighted by atomic mass is 10.2. The lowest BCUT2D eigenvalue weighted by Crippen LogP contribution is -2.10. The van der Waals surface area contributed by atoms with Crippen LogP contribution in [0.5, 0.6) is 0 Å². The van der Waals surface area contributed by atoms with Crippen molar-refractivity contribution in [1.82, 2.24) is 0 Å². The molecule has 0 bridgehead atoms. The number of nitrogens with two attached hydrogens (primary N) is 1. The van der Waals surface area contributed by atoms with Crippen LogP contribution >= 0.6 is 0 Å². The monoisotopic (exact) mass is 197 g/mol. The molecule has 0 aliphatic heterocycles. The molecule has 14 heavy (non-hydrogen) atoms. The summed E-state index contributed by atoms with van der Waals surface area (Å²) in [5, 5.41) is 8.73. The first kappa shape index (κ1) is 10.3. The van der Waals surface area contributed by atoms with Crippen LogP contribution in [0.4, 0.5) is 11.4 Å². The van der Waals surface area contributed by atoms with Crippen molar-refractivity contribution in [2.24, 2.45) is 5.84 Å². The first-order valence-electron chi connectivity index (χ1n) is 3.82. The van der Waals surface area contributed by atoms with Crippen molar-refractivity contribution >= 4 is 17.3 Å². The molecule has 0 heterocycles. The van der Waals surface area contributed by atoms with E-state index < -0.39 is 5.97 Å². The number of carbonyl (C=O) groups is 1. The van der Waals surface area contributed by atoms with Gasteiger partial charge in [0.2, 0.25) is 0 Å². The highest BCUT2D eigenvalue weighted by Gasteiger charge is 2.08. The van der Waals surface area contributed by atoms with Gasteiger partial charge in [-0.05, 0) is 18.2 Å². The van der Waals surface area contributed by atoms with Crippen LogP contribution in [0.15, 0.2) is 18.2 Å². The number of nitrogen functional groups attached to an aromatic ring is 1. The zero-order valence-electron chi connectivity index (χ0n) is 7.57. The maximum absolute atomic E-state index is 11.1. The summed E-state index contributed by atoms with van der Waals surface area (Å²) < 4.78 is 4.51. The Hall–Kier alpha value is -1.79. The summed E-state index contributed by atoms with van der Waals surface area (Å²) in [5.41, 5.74) is 5.37. The molecule has 0 aromatic heterocycles. The molecule has 0 saturated carbocycles. The van der Waals surface area contributed by atoms with Gasteiger partial charge >= 0.3 is 5.97 Å². The van der Waals surface area contributed by atoms with Crippen LogP contribution in [0.25, 0.3) is 0 Å². The van der Waals surface area contributed by atoms with Crippen LogP contribution in [0.1, 0.15) is 10.4 Å². The Bertz CT molecular complexity index is 341. The number of rotatable bonds is 3. The fourth-order valence-corrected chi connectivity index (χ4v) is 1.01. The quantitative estimate of drug-likeness (QED) is 0.321. The highest BCUT2D eigenvalue weighted by atomic mass is 16.5. The van der Waals surface area contributed by atoms with Crippen LogP contribution in [-0.2, 0) is 4.74 Å². The van der Waals surface area contributed by atoms with E-state index >= 15 is 0 Å². The van der Waals surface area contributed by atoms with Crippen LogP contribution < -0.4 is 16.7 Å². The normalized spacial score (nSPS) is 9.36. The van der Waals surface area contributed by atoms with E-state index in [9.17, 15) is 4.79 Å². The Morgan fingerprint density at radius 3 is 2.71 bits per heavy atom. The zero-order valence-corrected chi connectivity index (χ0v) is 7.57. The van der Waals surface area contributed by atoms with E-state index in [1.807, 2.05) is 5.48 Å². The van der Waals surface area contributed by atoms with Gasteiger partial charge in [0.1, 0.15) is 0 Å². The number of benzene rings is 1. The second kappa shape index (κ2) is 4.45. The van der Waals surface area contributed by atoms with E-state index in [0.717, 1.165) is 0 Å². The third kappa shape index (κ3) is 1.93. The molecule has 1 rings (SSSR count). The van der Waals surface area contributed by atoms with Crippen LogP contribution in [-0.4, -0.2) is 18.3 Å². The van der Waals surface area contributed by atoms with Crippen molar-refractivity contribution in [1.29, 1.82) is 0 Å². The summed E-state index contributed by atoms with van der Waals surface area (Å²) in [6.45, 7) is 0. The second-order valence-electron chi connectivity index (χ2n) is 2.51. The molecule has 5 N–H and O–H groups in total. The number of anilines is 2. The lowest BCUT2D eigenvalue weighted by Gasteiger charge is -2.08. The van der Waals surface area contributed by atoms with Crippen molar-refractivity contribution in [3.63, 3.8) is 0 Å². The highest BCUT2D eigenvalue weighted by molar-refractivity contribution is 5.92. The minimum atomic E-state index is -0.481. The number of hydrogen-bond acceptors (Lipinski definition) is 6. The summed E-state index contributed by atoms with van der Waals surface area (Å²) in [4.78, 5) is 11.1. The third-order valence-electron chi connectivity index (χ3n) is 1.72. The van der Waals surface area contributed by atoms with Gasteiger partial charge in [-0.15, -0.1) is 0 Å². The van der Waals surface area contributed by atoms with Crippen molar-refractivity contribution in [3.8, 4) is 0 Å². The third-order valence-corrected chi connectivity index (χ3v) is 1.72. The lowest BCUT2D eigenvalue weighted by molar-refractivity contribution is 0.0601. The largest absolute Gasteiger partial charge is 0.465 e. The fraction of sp³-hybridized carbons (Fsp3) is 0.125. The number of hydrogen-bond donors (Lipinski definition) is 4. The molecule has 1 aromatic rings. The van der Waals surface area contributed by atoms with Gasteiger partial charge in [0, 0.05) is 0 Å². The predicted molar refractivity (Wildman–Crippen MR) is 51.0 cm³/mol. The maximum atomic E-state index is 11.1. The van der Waals surface area contributed by atoms with E-state index in [2.05, 4.69) is 10.2 Å². The highest BCUT2D eigenvalue weighted by Crippen LogP contribution is 2.21. The molecule has 0 fully saturated rings. The van der Waals surface area contributed by atoms with Crippen LogP contribution in [0, 0.1) is 0 Å². The molecule has 0 atom stereocenters.